The van der Waals surface area contributed by atoms with Gasteiger partial charge < -0.3 is 0 Å². The summed E-state index contributed by atoms with van der Waals surface area (Å²) in [6.45, 7) is 0. The molecule has 0 amide bonds. The predicted molar refractivity (Wildman–Crippen MR) is 49.4 cm³/mol. The van der Waals surface area contributed by atoms with E-state index in [0.29, 0.717) is 16.3 Å². The summed E-state index contributed by atoms with van der Waals surface area (Å²) >= 11 is 3.01. The van der Waals surface area contributed by atoms with Gasteiger partial charge >= 0.3 is 0 Å². The van der Waals surface area contributed by atoms with Crippen LogP contribution in [0.4, 0.5) is 4.39 Å². The highest BCUT2D eigenvalue weighted by molar-refractivity contribution is 9.12. The molecule has 0 spiro atoms. The number of halogens is 2. The van der Waals surface area contributed by atoms with Gasteiger partial charge in [-0.05, 0) is 39.7 Å². The van der Waals surface area contributed by atoms with Gasteiger partial charge in [-0.25, -0.2) is 4.39 Å². The number of rotatable bonds is 2. The molecule has 0 saturated heterocycles. The Labute approximate surface area is 78.0 Å². The summed E-state index contributed by atoms with van der Waals surface area (Å²) in [5.74, 6) is -0.310. The van der Waals surface area contributed by atoms with Crippen molar-refractivity contribution in [1.82, 2.24) is 0 Å². The molecule has 0 aliphatic heterocycles. The third-order valence-electron chi connectivity index (χ3n) is 1.27. The van der Waals surface area contributed by atoms with E-state index in [9.17, 15) is 9.18 Å². The molecule has 0 fully saturated rings. The molecule has 12 heavy (non-hydrogen) atoms. The second-order valence-electron chi connectivity index (χ2n) is 2.20. The van der Waals surface area contributed by atoms with Crippen LogP contribution in [-0.2, 0) is 4.79 Å². The van der Waals surface area contributed by atoms with E-state index in [1.807, 2.05) is 0 Å². The first-order valence-electron chi connectivity index (χ1n) is 3.30. The second kappa shape index (κ2) is 4.16. The maximum Gasteiger partial charge on any atom is 0.157 e. The van der Waals surface area contributed by atoms with Gasteiger partial charge in [0.05, 0.1) is 4.48 Å². The summed E-state index contributed by atoms with van der Waals surface area (Å²) in [6.07, 6.45) is 2.21. The maximum absolute atomic E-state index is 12.6. The van der Waals surface area contributed by atoms with E-state index in [4.69, 9.17) is 0 Å². The molecule has 0 aliphatic rings. The van der Waals surface area contributed by atoms with Crippen molar-refractivity contribution in [3.05, 3.63) is 40.1 Å². The van der Waals surface area contributed by atoms with E-state index < -0.39 is 0 Å². The standard InChI is InChI=1S/C9H6BrFO/c10-8(6-12)4-7-2-1-3-9(11)5-7/h1-6H/b8-4-. The van der Waals surface area contributed by atoms with Gasteiger partial charge in [0.15, 0.2) is 6.29 Å². The lowest BCUT2D eigenvalue weighted by Gasteiger charge is -1.92. The minimum Gasteiger partial charge on any atom is -0.297 e. The van der Waals surface area contributed by atoms with Crippen LogP contribution in [0, 0.1) is 5.82 Å². The number of allylic oxidation sites excluding steroid dienone is 1. The first kappa shape index (κ1) is 9.13. The van der Waals surface area contributed by atoms with Crippen LogP contribution in [0.15, 0.2) is 28.7 Å². The van der Waals surface area contributed by atoms with Crippen LogP contribution in [0.2, 0.25) is 0 Å². The lowest BCUT2D eigenvalue weighted by atomic mass is 10.2. The number of benzene rings is 1. The van der Waals surface area contributed by atoms with Gasteiger partial charge in [-0.15, -0.1) is 0 Å². The summed E-state index contributed by atoms with van der Waals surface area (Å²) in [5.41, 5.74) is 0.661. The molecule has 0 bridgehead atoms. The van der Waals surface area contributed by atoms with Crippen molar-refractivity contribution in [3.63, 3.8) is 0 Å². The predicted octanol–water partition coefficient (Wildman–Crippen LogP) is 2.76. The van der Waals surface area contributed by atoms with E-state index in [-0.39, 0.29) is 5.82 Å². The number of aldehydes is 1. The average Bonchev–Trinajstić information content (AvgIpc) is 2.04. The van der Waals surface area contributed by atoms with Crippen LogP contribution in [0.5, 0.6) is 0 Å². The van der Waals surface area contributed by atoms with Crippen molar-refractivity contribution in [3.8, 4) is 0 Å². The van der Waals surface area contributed by atoms with Crippen LogP contribution in [0.3, 0.4) is 0 Å². The van der Waals surface area contributed by atoms with Crippen LogP contribution in [0.1, 0.15) is 5.56 Å². The zero-order valence-corrected chi connectivity index (χ0v) is 7.71. The van der Waals surface area contributed by atoms with Crippen LogP contribution in [-0.4, -0.2) is 6.29 Å². The summed E-state index contributed by atoms with van der Waals surface area (Å²) in [4.78, 5) is 10.2. The molecule has 0 atom stereocenters. The fourth-order valence-corrected chi connectivity index (χ4v) is 1.05. The van der Waals surface area contributed by atoms with Crippen molar-refractivity contribution in [2.24, 2.45) is 0 Å². The Morgan fingerprint density at radius 1 is 1.50 bits per heavy atom. The van der Waals surface area contributed by atoms with Gasteiger partial charge in [-0.1, -0.05) is 12.1 Å². The molecule has 3 heteroatoms. The van der Waals surface area contributed by atoms with Crippen LogP contribution in [0.25, 0.3) is 6.08 Å². The molecular weight excluding hydrogens is 223 g/mol. The largest absolute Gasteiger partial charge is 0.297 e. The van der Waals surface area contributed by atoms with Gasteiger partial charge in [0.25, 0.3) is 0 Å². The number of hydrogen-bond acceptors (Lipinski definition) is 1. The fraction of sp³-hybridized carbons (Fsp3) is 0. The topological polar surface area (TPSA) is 17.1 Å². The fourth-order valence-electron chi connectivity index (χ4n) is 0.790. The van der Waals surface area contributed by atoms with Gasteiger partial charge in [0.1, 0.15) is 5.82 Å². The summed E-state index contributed by atoms with van der Waals surface area (Å²) < 4.78 is 13.0. The molecule has 1 rings (SSSR count). The molecule has 62 valence electrons. The molecule has 0 radical (unpaired) electrons. The average molecular weight is 229 g/mol. The van der Waals surface area contributed by atoms with Crippen molar-refractivity contribution >= 4 is 28.3 Å². The third-order valence-corrected chi connectivity index (χ3v) is 1.68. The smallest absolute Gasteiger partial charge is 0.157 e. The molecule has 0 aliphatic carbocycles. The van der Waals surface area contributed by atoms with E-state index in [0.717, 1.165) is 0 Å². The highest BCUT2D eigenvalue weighted by Gasteiger charge is 1.92. The monoisotopic (exact) mass is 228 g/mol. The Morgan fingerprint density at radius 3 is 2.83 bits per heavy atom. The minimum absolute atomic E-state index is 0.310. The first-order valence-corrected chi connectivity index (χ1v) is 4.09. The molecule has 0 aromatic heterocycles. The minimum atomic E-state index is -0.310. The number of carbonyl (C=O) groups is 1. The first-order chi connectivity index (χ1) is 5.72. The van der Waals surface area contributed by atoms with Crippen LogP contribution >= 0.6 is 15.9 Å². The van der Waals surface area contributed by atoms with Crippen molar-refractivity contribution in [2.45, 2.75) is 0 Å². The Balaban J connectivity index is 2.97. The number of carbonyl (C=O) groups excluding carboxylic acids is 1. The van der Waals surface area contributed by atoms with Gasteiger partial charge in [-0.2, -0.15) is 0 Å². The van der Waals surface area contributed by atoms with E-state index in [1.54, 1.807) is 18.2 Å². The zero-order chi connectivity index (χ0) is 8.97. The summed E-state index contributed by atoms with van der Waals surface area (Å²) in [7, 11) is 0. The Bertz CT molecular complexity index is 320. The second-order valence-corrected chi connectivity index (χ2v) is 3.12. The van der Waals surface area contributed by atoms with E-state index in [1.165, 1.54) is 12.1 Å². The molecule has 0 N–H and O–H groups in total. The quantitative estimate of drug-likeness (QED) is 0.562. The van der Waals surface area contributed by atoms with Gasteiger partial charge in [0, 0.05) is 0 Å². The SMILES string of the molecule is O=C/C(Br)=C/c1cccc(F)c1. The van der Waals surface area contributed by atoms with Gasteiger partial charge in [-0.3, -0.25) is 4.79 Å². The molecular formula is C9H6BrFO. The Morgan fingerprint density at radius 2 is 2.25 bits per heavy atom. The summed E-state index contributed by atoms with van der Waals surface area (Å²) in [5, 5.41) is 0. The maximum atomic E-state index is 12.6. The molecule has 0 saturated carbocycles. The van der Waals surface area contributed by atoms with E-state index >= 15 is 0 Å². The lowest BCUT2D eigenvalue weighted by molar-refractivity contribution is -0.104. The zero-order valence-electron chi connectivity index (χ0n) is 6.13. The van der Waals surface area contributed by atoms with Crippen molar-refractivity contribution in [1.29, 1.82) is 0 Å². The Kier molecular flexibility index (Phi) is 3.17. The van der Waals surface area contributed by atoms with Crippen molar-refractivity contribution in [2.75, 3.05) is 0 Å². The van der Waals surface area contributed by atoms with Crippen molar-refractivity contribution < 1.29 is 9.18 Å². The van der Waals surface area contributed by atoms with Crippen LogP contribution < -0.4 is 0 Å². The molecule has 1 nitrogen and oxygen atoms in total. The van der Waals surface area contributed by atoms with E-state index in [2.05, 4.69) is 15.9 Å². The third kappa shape index (κ3) is 2.58. The lowest BCUT2D eigenvalue weighted by Crippen LogP contribution is -1.77. The Hall–Kier alpha value is -0.960. The highest BCUT2D eigenvalue weighted by atomic mass is 79.9. The molecule has 0 heterocycles. The van der Waals surface area contributed by atoms with Gasteiger partial charge in [0.2, 0.25) is 0 Å². The highest BCUT2D eigenvalue weighted by Crippen LogP contribution is 2.10. The molecule has 1 aromatic rings. The normalized spacial score (nSPS) is 11.3. The molecule has 0 unspecified atom stereocenters. The molecule has 1 aromatic carbocycles. The summed E-state index contributed by atoms with van der Waals surface area (Å²) in [6, 6.07) is 6.01. The number of hydrogen-bond donors (Lipinski definition) is 0.